The van der Waals surface area contributed by atoms with Crippen LogP contribution in [0, 0.1) is 0 Å². The summed E-state index contributed by atoms with van der Waals surface area (Å²) in [6.45, 7) is 4.18. The molecule has 0 aromatic heterocycles. The van der Waals surface area contributed by atoms with Crippen molar-refractivity contribution in [1.82, 2.24) is 0 Å². The number of rotatable bonds is 2. The fraction of sp³-hybridized carbons (Fsp3) is 0.308. The van der Waals surface area contributed by atoms with Gasteiger partial charge in [-0.1, -0.05) is 23.8 Å². The average Bonchev–Trinajstić information content (AvgIpc) is 2.53. The fourth-order valence-electron chi connectivity index (χ4n) is 1.71. The van der Waals surface area contributed by atoms with Crippen molar-refractivity contribution in [3.8, 4) is 0 Å². The minimum absolute atomic E-state index is 0.101. The lowest BCUT2D eigenvalue weighted by Crippen LogP contribution is -2.03. The molecule has 1 aliphatic heterocycles. The lowest BCUT2D eigenvalue weighted by atomic mass is 10.1. The quantitative estimate of drug-likeness (QED) is 0.732. The molecule has 0 unspecified atom stereocenters. The highest BCUT2D eigenvalue weighted by molar-refractivity contribution is 5.99. The maximum atomic E-state index is 11.2. The molecule has 1 N–H and O–H groups in total. The molecule has 0 saturated carbocycles. The fourth-order valence-corrected chi connectivity index (χ4v) is 1.71. The van der Waals surface area contributed by atoms with E-state index in [4.69, 9.17) is 0 Å². The standard InChI is InChI=1S/C13H15NO/c1-9(2)3-4-10-5-6-11-8-13(15)14-12(11)7-10/h3,5-7H,4,8H2,1-2H3,(H,14,15). The number of hydrogen-bond acceptors (Lipinski definition) is 1. The van der Waals surface area contributed by atoms with Crippen LogP contribution >= 0.6 is 0 Å². The number of benzene rings is 1. The predicted octanol–water partition coefficient (Wildman–Crippen LogP) is 2.69. The van der Waals surface area contributed by atoms with Gasteiger partial charge in [0.15, 0.2) is 0 Å². The molecule has 2 rings (SSSR count). The van der Waals surface area contributed by atoms with Crippen LogP contribution in [0.3, 0.4) is 0 Å². The van der Waals surface area contributed by atoms with Crippen LogP contribution in [0.5, 0.6) is 0 Å². The minimum Gasteiger partial charge on any atom is -0.326 e. The Labute approximate surface area is 90.0 Å². The number of carbonyl (C=O) groups is 1. The Morgan fingerprint density at radius 1 is 1.47 bits per heavy atom. The molecule has 0 saturated heterocycles. The molecule has 1 amide bonds. The molecule has 1 aromatic rings. The molecule has 0 bridgehead atoms. The van der Waals surface area contributed by atoms with Gasteiger partial charge in [-0.15, -0.1) is 0 Å². The molecule has 0 spiro atoms. The summed E-state index contributed by atoms with van der Waals surface area (Å²) in [6.07, 6.45) is 3.66. The molecule has 0 aliphatic carbocycles. The first-order valence-corrected chi connectivity index (χ1v) is 5.20. The number of anilines is 1. The summed E-state index contributed by atoms with van der Waals surface area (Å²) in [7, 11) is 0. The van der Waals surface area contributed by atoms with Gasteiger partial charge in [-0.2, -0.15) is 0 Å². The number of amides is 1. The summed E-state index contributed by atoms with van der Waals surface area (Å²) in [5, 5.41) is 2.87. The molecule has 2 heteroatoms. The lowest BCUT2D eigenvalue weighted by molar-refractivity contribution is -0.115. The summed E-state index contributed by atoms with van der Waals surface area (Å²) in [6, 6.07) is 6.21. The van der Waals surface area contributed by atoms with E-state index in [0.29, 0.717) is 6.42 Å². The average molecular weight is 201 g/mol. The van der Waals surface area contributed by atoms with Crippen molar-refractivity contribution in [3.05, 3.63) is 41.0 Å². The van der Waals surface area contributed by atoms with Crippen molar-refractivity contribution in [2.75, 3.05) is 5.32 Å². The molecular weight excluding hydrogens is 186 g/mol. The Balaban J connectivity index is 2.20. The summed E-state index contributed by atoms with van der Waals surface area (Å²) >= 11 is 0. The number of fused-ring (bicyclic) bond motifs is 1. The van der Waals surface area contributed by atoms with Crippen molar-refractivity contribution in [1.29, 1.82) is 0 Å². The number of carbonyl (C=O) groups excluding carboxylic acids is 1. The predicted molar refractivity (Wildman–Crippen MR) is 61.9 cm³/mol. The highest BCUT2D eigenvalue weighted by atomic mass is 16.1. The smallest absolute Gasteiger partial charge is 0.228 e. The zero-order valence-corrected chi connectivity index (χ0v) is 9.13. The molecule has 0 atom stereocenters. The normalized spacial score (nSPS) is 13.3. The van der Waals surface area contributed by atoms with E-state index in [0.717, 1.165) is 17.7 Å². The SMILES string of the molecule is CC(C)=CCc1ccc2c(c1)NC(=O)C2. The van der Waals surface area contributed by atoms with Crippen molar-refractivity contribution in [2.24, 2.45) is 0 Å². The van der Waals surface area contributed by atoms with Crippen LogP contribution in [0.25, 0.3) is 0 Å². The van der Waals surface area contributed by atoms with E-state index in [1.54, 1.807) is 0 Å². The molecular formula is C13H15NO. The van der Waals surface area contributed by atoms with Gasteiger partial charge in [-0.05, 0) is 37.5 Å². The Kier molecular flexibility index (Phi) is 2.58. The van der Waals surface area contributed by atoms with Gasteiger partial charge in [0.25, 0.3) is 0 Å². The van der Waals surface area contributed by atoms with Crippen LogP contribution in [0.4, 0.5) is 5.69 Å². The summed E-state index contributed by atoms with van der Waals surface area (Å²) in [5.74, 6) is 0.101. The zero-order chi connectivity index (χ0) is 10.8. The second kappa shape index (κ2) is 3.89. The van der Waals surface area contributed by atoms with Crippen molar-refractivity contribution in [2.45, 2.75) is 26.7 Å². The van der Waals surface area contributed by atoms with Gasteiger partial charge in [0, 0.05) is 5.69 Å². The van der Waals surface area contributed by atoms with E-state index in [2.05, 4.69) is 37.4 Å². The second-order valence-corrected chi connectivity index (χ2v) is 4.20. The van der Waals surface area contributed by atoms with Gasteiger partial charge >= 0.3 is 0 Å². The van der Waals surface area contributed by atoms with Crippen LogP contribution in [-0.2, 0) is 17.6 Å². The maximum absolute atomic E-state index is 11.2. The third-order valence-corrected chi connectivity index (χ3v) is 2.55. The van der Waals surface area contributed by atoms with Crippen molar-refractivity contribution >= 4 is 11.6 Å². The topological polar surface area (TPSA) is 29.1 Å². The van der Waals surface area contributed by atoms with Crippen LogP contribution in [0.15, 0.2) is 29.8 Å². The number of allylic oxidation sites excluding steroid dienone is 2. The molecule has 15 heavy (non-hydrogen) atoms. The first kappa shape index (κ1) is 9.97. The molecule has 2 nitrogen and oxygen atoms in total. The Bertz CT molecular complexity index is 428. The van der Waals surface area contributed by atoms with Crippen molar-refractivity contribution < 1.29 is 4.79 Å². The van der Waals surface area contributed by atoms with E-state index in [-0.39, 0.29) is 5.91 Å². The van der Waals surface area contributed by atoms with Crippen LogP contribution in [-0.4, -0.2) is 5.91 Å². The lowest BCUT2D eigenvalue weighted by Gasteiger charge is -2.02. The summed E-state index contributed by atoms with van der Waals surface area (Å²) < 4.78 is 0. The minimum atomic E-state index is 0.101. The summed E-state index contributed by atoms with van der Waals surface area (Å²) in [4.78, 5) is 11.2. The summed E-state index contributed by atoms with van der Waals surface area (Å²) in [5.41, 5.74) is 4.66. The third kappa shape index (κ3) is 2.27. The van der Waals surface area contributed by atoms with Gasteiger partial charge in [-0.25, -0.2) is 0 Å². The van der Waals surface area contributed by atoms with Gasteiger partial charge in [0.2, 0.25) is 5.91 Å². The third-order valence-electron chi connectivity index (χ3n) is 2.55. The van der Waals surface area contributed by atoms with Gasteiger partial charge in [-0.3, -0.25) is 4.79 Å². The van der Waals surface area contributed by atoms with E-state index >= 15 is 0 Å². The molecule has 1 aromatic carbocycles. The van der Waals surface area contributed by atoms with Crippen molar-refractivity contribution in [3.63, 3.8) is 0 Å². The molecule has 78 valence electrons. The zero-order valence-electron chi connectivity index (χ0n) is 9.13. The highest BCUT2D eigenvalue weighted by Gasteiger charge is 2.16. The first-order chi connectivity index (χ1) is 7.15. The van der Waals surface area contributed by atoms with E-state index in [9.17, 15) is 4.79 Å². The molecule has 0 radical (unpaired) electrons. The Hall–Kier alpha value is -1.57. The molecule has 1 heterocycles. The van der Waals surface area contributed by atoms with Gasteiger partial charge in [0.1, 0.15) is 0 Å². The van der Waals surface area contributed by atoms with E-state index < -0.39 is 0 Å². The van der Waals surface area contributed by atoms with Gasteiger partial charge in [0.05, 0.1) is 6.42 Å². The largest absolute Gasteiger partial charge is 0.326 e. The highest BCUT2D eigenvalue weighted by Crippen LogP contribution is 2.24. The Morgan fingerprint density at radius 2 is 2.27 bits per heavy atom. The van der Waals surface area contributed by atoms with E-state index in [1.807, 2.05) is 6.07 Å². The molecule has 0 fully saturated rings. The molecule has 1 aliphatic rings. The Morgan fingerprint density at radius 3 is 3.00 bits per heavy atom. The van der Waals surface area contributed by atoms with Crippen LogP contribution in [0.1, 0.15) is 25.0 Å². The number of nitrogens with one attached hydrogen (secondary N) is 1. The number of hydrogen-bond donors (Lipinski definition) is 1. The first-order valence-electron chi connectivity index (χ1n) is 5.20. The second-order valence-electron chi connectivity index (χ2n) is 4.20. The van der Waals surface area contributed by atoms with Gasteiger partial charge < -0.3 is 5.32 Å². The van der Waals surface area contributed by atoms with Crippen LogP contribution < -0.4 is 5.32 Å². The van der Waals surface area contributed by atoms with E-state index in [1.165, 1.54) is 11.1 Å². The van der Waals surface area contributed by atoms with Crippen LogP contribution in [0.2, 0.25) is 0 Å². The maximum Gasteiger partial charge on any atom is 0.228 e. The monoisotopic (exact) mass is 201 g/mol.